The number of nitrogens with zero attached hydrogens (tertiary/aromatic N) is 1. The summed E-state index contributed by atoms with van der Waals surface area (Å²) < 4.78 is 5.98. The Balaban J connectivity index is 2.87. The van der Waals surface area contributed by atoms with Gasteiger partial charge in [0.15, 0.2) is 0 Å². The normalized spacial score (nSPS) is 9.92. The van der Waals surface area contributed by atoms with Crippen LogP contribution in [0.4, 0.5) is 0 Å². The standard InChI is InChI=1S/C8H11BrN2O/c1-10-5-8-7(9)3-6(12-2)4-11-8/h3-4,10H,5H2,1-2H3. The van der Waals surface area contributed by atoms with Gasteiger partial charge in [0.05, 0.1) is 19.0 Å². The number of halogens is 1. The highest BCUT2D eigenvalue weighted by molar-refractivity contribution is 9.10. The van der Waals surface area contributed by atoms with E-state index in [-0.39, 0.29) is 0 Å². The molecule has 0 bridgehead atoms. The third-order valence-electron chi connectivity index (χ3n) is 1.47. The lowest BCUT2D eigenvalue weighted by molar-refractivity contribution is 0.412. The van der Waals surface area contributed by atoms with Crippen molar-refractivity contribution < 1.29 is 4.74 Å². The van der Waals surface area contributed by atoms with Gasteiger partial charge in [0, 0.05) is 11.0 Å². The molecule has 4 heteroatoms. The van der Waals surface area contributed by atoms with Crippen LogP contribution in [0.3, 0.4) is 0 Å². The molecule has 1 aromatic rings. The van der Waals surface area contributed by atoms with Gasteiger partial charge in [-0.1, -0.05) is 0 Å². The summed E-state index contributed by atoms with van der Waals surface area (Å²) in [6.45, 7) is 0.755. The Labute approximate surface area is 80.3 Å². The molecule has 0 saturated carbocycles. The van der Waals surface area contributed by atoms with Crippen molar-refractivity contribution >= 4 is 15.9 Å². The lowest BCUT2D eigenvalue weighted by Crippen LogP contribution is -2.07. The number of methoxy groups -OCH3 is 1. The molecule has 0 amide bonds. The Bertz CT molecular complexity index is 265. The maximum absolute atomic E-state index is 5.02. The quantitative estimate of drug-likeness (QED) is 0.857. The second kappa shape index (κ2) is 4.42. The van der Waals surface area contributed by atoms with E-state index in [0.29, 0.717) is 0 Å². The first-order valence-corrected chi connectivity index (χ1v) is 4.40. The van der Waals surface area contributed by atoms with Gasteiger partial charge in [-0.25, -0.2) is 0 Å². The van der Waals surface area contributed by atoms with E-state index in [4.69, 9.17) is 4.74 Å². The number of ether oxygens (including phenoxy) is 1. The largest absolute Gasteiger partial charge is 0.495 e. The average molecular weight is 231 g/mol. The smallest absolute Gasteiger partial charge is 0.138 e. The maximum atomic E-state index is 5.02. The number of hydrogen-bond donors (Lipinski definition) is 1. The van der Waals surface area contributed by atoms with E-state index >= 15 is 0 Å². The van der Waals surface area contributed by atoms with Crippen LogP contribution in [0.25, 0.3) is 0 Å². The average Bonchev–Trinajstić information content (AvgIpc) is 2.09. The molecule has 66 valence electrons. The van der Waals surface area contributed by atoms with Gasteiger partial charge in [-0.05, 0) is 29.0 Å². The maximum Gasteiger partial charge on any atom is 0.138 e. The van der Waals surface area contributed by atoms with Gasteiger partial charge < -0.3 is 10.1 Å². The highest BCUT2D eigenvalue weighted by Crippen LogP contribution is 2.19. The second-order valence-corrected chi connectivity index (χ2v) is 3.19. The fourth-order valence-electron chi connectivity index (χ4n) is 0.858. The summed E-state index contributed by atoms with van der Waals surface area (Å²) in [6, 6.07) is 1.90. The van der Waals surface area contributed by atoms with Crippen LogP contribution in [0.15, 0.2) is 16.7 Å². The van der Waals surface area contributed by atoms with Crippen LogP contribution < -0.4 is 10.1 Å². The van der Waals surface area contributed by atoms with Crippen molar-refractivity contribution in [3.8, 4) is 5.75 Å². The lowest BCUT2D eigenvalue weighted by Gasteiger charge is -2.04. The van der Waals surface area contributed by atoms with Crippen molar-refractivity contribution in [2.75, 3.05) is 14.2 Å². The van der Waals surface area contributed by atoms with Crippen LogP contribution in [0.1, 0.15) is 5.69 Å². The summed E-state index contributed by atoms with van der Waals surface area (Å²) in [5.41, 5.74) is 0.985. The van der Waals surface area contributed by atoms with Gasteiger partial charge in [-0.2, -0.15) is 0 Å². The highest BCUT2D eigenvalue weighted by Gasteiger charge is 2.01. The number of aromatic nitrogens is 1. The molecule has 1 aromatic heterocycles. The van der Waals surface area contributed by atoms with Gasteiger partial charge in [0.2, 0.25) is 0 Å². The topological polar surface area (TPSA) is 34.2 Å². The van der Waals surface area contributed by atoms with E-state index in [9.17, 15) is 0 Å². The summed E-state index contributed by atoms with van der Waals surface area (Å²) in [4.78, 5) is 4.20. The minimum absolute atomic E-state index is 0.755. The first kappa shape index (κ1) is 9.48. The third kappa shape index (κ3) is 2.19. The van der Waals surface area contributed by atoms with Crippen LogP contribution in [0.5, 0.6) is 5.75 Å². The van der Waals surface area contributed by atoms with Gasteiger partial charge >= 0.3 is 0 Å². The van der Waals surface area contributed by atoms with E-state index in [1.54, 1.807) is 13.3 Å². The number of nitrogens with one attached hydrogen (secondary N) is 1. The molecular weight excluding hydrogens is 220 g/mol. The van der Waals surface area contributed by atoms with Gasteiger partial charge in [-0.15, -0.1) is 0 Å². The van der Waals surface area contributed by atoms with E-state index < -0.39 is 0 Å². The molecule has 0 atom stereocenters. The van der Waals surface area contributed by atoms with Crippen LogP contribution in [0, 0.1) is 0 Å². The molecule has 1 heterocycles. The summed E-state index contributed by atoms with van der Waals surface area (Å²) >= 11 is 3.41. The zero-order valence-corrected chi connectivity index (χ0v) is 8.68. The molecule has 0 aliphatic heterocycles. The Morgan fingerprint density at radius 2 is 2.42 bits per heavy atom. The van der Waals surface area contributed by atoms with Crippen molar-refractivity contribution in [3.63, 3.8) is 0 Å². The fraction of sp³-hybridized carbons (Fsp3) is 0.375. The molecular formula is C8H11BrN2O. The van der Waals surface area contributed by atoms with Gasteiger partial charge in [0.25, 0.3) is 0 Å². The van der Waals surface area contributed by atoms with E-state index in [1.165, 1.54) is 0 Å². The number of hydrogen-bond acceptors (Lipinski definition) is 3. The predicted molar refractivity (Wildman–Crippen MR) is 51.3 cm³/mol. The van der Waals surface area contributed by atoms with Crippen molar-refractivity contribution in [1.82, 2.24) is 10.3 Å². The molecule has 0 radical (unpaired) electrons. The number of pyridine rings is 1. The Hall–Kier alpha value is -0.610. The van der Waals surface area contributed by atoms with Crippen LogP contribution in [-0.2, 0) is 6.54 Å². The van der Waals surface area contributed by atoms with Crippen LogP contribution >= 0.6 is 15.9 Å². The molecule has 0 saturated heterocycles. The van der Waals surface area contributed by atoms with Crippen molar-refractivity contribution in [1.29, 1.82) is 0 Å². The summed E-state index contributed by atoms with van der Waals surface area (Å²) in [5.74, 6) is 0.765. The highest BCUT2D eigenvalue weighted by atomic mass is 79.9. The lowest BCUT2D eigenvalue weighted by atomic mass is 10.3. The minimum atomic E-state index is 0.755. The van der Waals surface area contributed by atoms with Crippen molar-refractivity contribution in [2.24, 2.45) is 0 Å². The van der Waals surface area contributed by atoms with Gasteiger partial charge in [-0.3, -0.25) is 4.98 Å². The molecule has 12 heavy (non-hydrogen) atoms. The Kier molecular flexibility index (Phi) is 3.49. The first-order chi connectivity index (χ1) is 5.77. The first-order valence-electron chi connectivity index (χ1n) is 3.61. The monoisotopic (exact) mass is 230 g/mol. The van der Waals surface area contributed by atoms with E-state index in [1.807, 2.05) is 13.1 Å². The second-order valence-electron chi connectivity index (χ2n) is 2.33. The van der Waals surface area contributed by atoms with Crippen molar-refractivity contribution in [2.45, 2.75) is 6.54 Å². The summed E-state index contributed by atoms with van der Waals surface area (Å²) in [7, 11) is 3.51. The zero-order valence-electron chi connectivity index (χ0n) is 7.10. The molecule has 0 aliphatic rings. The molecule has 3 nitrogen and oxygen atoms in total. The Morgan fingerprint density at radius 1 is 1.67 bits per heavy atom. The molecule has 0 spiro atoms. The van der Waals surface area contributed by atoms with Gasteiger partial charge in [0.1, 0.15) is 5.75 Å². The van der Waals surface area contributed by atoms with E-state index in [0.717, 1.165) is 22.5 Å². The van der Waals surface area contributed by atoms with Crippen molar-refractivity contribution in [3.05, 3.63) is 22.4 Å². The molecule has 1 rings (SSSR count). The van der Waals surface area contributed by atoms with E-state index in [2.05, 4.69) is 26.2 Å². The van der Waals surface area contributed by atoms with Crippen LogP contribution in [0.2, 0.25) is 0 Å². The zero-order chi connectivity index (χ0) is 8.97. The molecule has 1 N–H and O–H groups in total. The molecule has 0 unspecified atom stereocenters. The molecule has 0 aromatic carbocycles. The SMILES string of the molecule is CNCc1ncc(OC)cc1Br. The summed E-state index contributed by atoms with van der Waals surface area (Å²) in [5, 5.41) is 3.03. The summed E-state index contributed by atoms with van der Waals surface area (Å²) in [6.07, 6.45) is 1.71. The molecule has 0 aliphatic carbocycles. The third-order valence-corrected chi connectivity index (χ3v) is 2.16. The fourth-order valence-corrected chi connectivity index (χ4v) is 1.33. The van der Waals surface area contributed by atoms with Crippen LogP contribution in [-0.4, -0.2) is 19.1 Å². The predicted octanol–water partition coefficient (Wildman–Crippen LogP) is 1.57. The number of rotatable bonds is 3. The molecule has 0 fully saturated rings. The minimum Gasteiger partial charge on any atom is -0.495 e. The Morgan fingerprint density at radius 3 is 2.92 bits per heavy atom.